The Labute approximate surface area is 179 Å². The molecule has 1 aliphatic carbocycles. The lowest BCUT2D eigenvalue weighted by Crippen LogP contribution is -2.51. The van der Waals surface area contributed by atoms with Crippen LogP contribution in [-0.4, -0.2) is 33.4 Å². The third kappa shape index (κ3) is 3.00. The second kappa shape index (κ2) is 7.18. The zero-order valence-electron chi connectivity index (χ0n) is 16.4. The molecule has 2 aliphatic rings. The van der Waals surface area contributed by atoms with E-state index in [2.05, 4.69) is 5.32 Å². The van der Waals surface area contributed by atoms with Crippen LogP contribution in [0.1, 0.15) is 29.5 Å². The quantitative estimate of drug-likeness (QED) is 0.631. The standard InChI is InChI=1S/C21H18F7NO2S/c22-19(20(23,24)25,21(26,27)28)14-7-8-16-13(12-14)6-9-17-18(16,10-11-29-17)32(30,31)15-4-2-1-3-5-15/h1-5,7-8,12,17,29H,6,9-11H2. The summed E-state index contributed by atoms with van der Waals surface area (Å²) in [4.78, 5) is -0.00366. The lowest BCUT2D eigenvalue weighted by Gasteiger charge is -2.41. The molecule has 2 atom stereocenters. The highest BCUT2D eigenvalue weighted by molar-refractivity contribution is 7.92. The third-order valence-electron chi connectivity index (χ3n) is 6.43. The van der Waals surface area contributed by atoms with Crippen molar-refractivity contribution in [3.8, 4) is 0 Å². The number of fused-ring (bicyclic) bond motifs is 3. The van der Waals surface area contributed by atoms with E-state index in [-0.39, 0.29) is 35.3 Å². The van der Waals surface area contributed by atoms with Crippen LogP contribution in [0.25, 0.3) is 0 Å². The fourth-order valence-electron chi connectivity index (χ4n) is 4.92. The molecule has 4 rings (SSSR count). The second-order valence-electron chi connectivity index (χ2n) is 8.03. The van der Waals surface area contributed by atoms with Gasteiger partial charge < -0.3 is 5.32 Å². The molecule has 2 unspecified atom stereocenters. The average molecular weight is 481 g/mol. The maximum Gasteiger partial charge on any atom is 0.435 e. The number of alkyl halides is 7. The van der Waals surface area contributed by atoms with E-state index in [1.165, 1.54) is 24.3 Å². The second-order valence-corrected chi connectivity index (χ2v) is 10.2. The summed E-state index contributed by atoms with van der Waals surface area (Å²) in [7, 11) is -4.08. The van der Waals surface area contributed by atoms with E-state index >= 15 is 0 Å². The van der Waals surface area contributed by atoms with Gasteiger partial charge in [0.25, 0.3) is 0 Å². The van der Waals surface area contributed by atoms with Gasteiger partial charge in [-0.3, -0.25) is 0 Å². The number of benzene rings is 2. The minimum atomic E-state index is -6.24. The van der Waals surface area contributed by atoms with Gasteiger partial charge in [-0.05, 0) is 49.1 Å². The van der Waals surface area contributed by atoms with E-state index in [9.17, 15) is 39.2 Å². The number of nitrogens with one attached hydrogen (secondary N) is 1. The lowest BCUT2D eigenvalue weighted by atomic mass is 9.77. The smallest absolute Gasteiger partial charge is 0.312 e. The molecular formula is C21H18F7NO2S. The highest BCUT2D eigenvalue weighted by atomic mass is 32.2. The SMILES string of the molecule is O=S(=O)(c1ccccc1)C12CCNC1CCc1cc(C(F)(C(F)(F)F)C(F)(F)F)ccc12. The fourth-order valence-corrected chi connectivity index (χ4v) is 7.29. The topological polar surface area (TPSA) is 46.2 Å². The first-order chi connectivity index (χ1) is 14.8. The molecule has 1 aliphatic heterocycles. The van der Waals surface area contributed by atoms with Gasteiger partial charge in [0.05, 0.1) is 4.90 Å². The monoisotopic (exact) mass is 481 g/mol. The maximum absolute atomic E-state index is 14.6. The van der Waals surface area contributed by atoms with Crippen molar-refractivity contribution >= 4 is 9.84 Å². The number of rotatable bonds is 3. The molecule has 0 amide bonds. The zero-order chi connectivity index (χ0) is 23.6. The average Bonchev–Trinajstić information content (AvgIpc) is 3.18. The molecule has 1 N–H and O–H groups in total. The summed E-state index contributed by atoms with van der Waals surface area (Å²) in [6.45, 7) is 0.302. The van der Waals surface area contributed by atoms with Crippen LogP contribution in [0.15, 0.2) is 53.4 Å². The molecule has 1 fully saturated rings. The third-order valence-corrected chi connectivity index (χ3v) is 8.99. The summed E-state index contributed by atoms with van der Waals surface area (Å²) in [5, 5.41) is 3.10. The Morgan fingerprint density at radius 1 is 0.906 bits per heavy atom. The van der Waals surface area contributed by atoms with Crippen LogP contribution in [0.4, 0.5) is 30.7 Å². The Morgan fingerprint density at radius 3 is 2.12 bits per heavy atom. The maximum atomic E-state index is 14.6. The molecule has 2 aromatic carbocycles. The van der Waals surface area contributed by atoms with Gasteiger partial charge in [0, 0.05) is 11.6 Å². The normalized spacial score (nSPS) is 24.2. The fraction of sp³-hybridized carbons (Fsp3) is 0.429. The molecule has 32 heavy (non-hydrogen) atoms. The van der Waals surface area contributed by atoms with Crippen LogP contribution in [0.5, 0.6) is 0 Å². The number of hydrogen-bond acceptors (Lipinski definition) is 3. The molecule has 0 saturated carbocycles. The molecular weight excluding hydrogens is 463 g/mol. The Morgan fingerprint density at radius 2 is 1.53 bits per heavy atom. The number of sulfone groups is 1. The summed E-state index contributed by atoms with van der Waals surface area (Å²) in [6.07, 6.45) is -12.2. The molecule has 11 heteroatoms. The molecule has 174 valence electrons. The molecule has 0 bridgehead atoms. The van der Waals surface area contributed by atoms with Gasteiger partial charge in [-0.2, -0.15) is 26.3 Å². The molecule has 3 nitrogen and oxygen atoms in total. The van der Waals surface area contributed by atoms with E-state index in [0.29, 0.717) is 18.7 Å². The van der Waals surface area contributed by atoms with Crippen molar-refractivity contribution in [1.82, 2.24) is 5.32 Å². The first kappa shape index (κ1) is 23.0. The van der Waals surface area contributed by atoms with Gasteiger partial charge in [0.15, 0.2) is 9.84 Å². The first-order valence-electron chi connectivity index (χ1n) is 9.76. The van der Waals surface area contributed by atoms with Crippen molar-refractivity contribution in [3.63, 3.8) is 0 Å². The van der Waals surface area contributed by atoms with Gasteiger partial charge >= 0.3 is 18.0 Å². The molecule has 0 aromatic heterocycles. The largest absolute Gasteiger partial charge is 0.435 e. The highest BCUT2D eigenvalue weighted by Crippen LogP contribution is 2.55. The van der Waals surface area contributed by atoms with Gasteiger partial charge in [0.1, 0.15) is 4.75 Å². The zero-order valence-corrected chi connectivity index (χ0v) is 17.2. The van der Waals surface area contributed by atoms with Gasteiger partial charge in [-0.25, -0.2) is 12.8 Å². The minimum absolute atomic E-state index is 0.00366. The molecule has 2 aromatic rings. The van der Waals surface area contributed by atoms with E-state index < -0.39 is 44.2 Å². The van der Waals surface area contributed by atoms with Crippen molar-refractivity contribution in [1.29, 1.82) is 0 Å². The van der Waals surface area contributed by atoms with Crippen LogP contribution in [0.3, 0.4) is 0 Å². The number of aryl methyl sites for hydroxylation is 1. The van der Waals surface area contributed by atoms with Crippen LogP contribution in [0.2, 0.25) is 0 Å². The Balaban J connectivity index is 1.93. The van der Waals surface area contributed by atoms with E-state index in [1.807, 2.05) is 0 Å². The molecule has 1 heterocycles. The number of hydrogen-bond donors (Lipinski definition) is 1. The van der Waals surface area contributed by atoms with Crippen molar-refractivity contribution in [2.24, 2.45) is 0 Å². The predicted molar refractivity (Wildman–Crippen MR) is 101 cm³/mol. The minimum Gasteiger partial charge on any atom is -0.312 e. The van der Waals surface area contributed by atoms with Crippen molar-refractivity contribution in [2.75, 3.05) is 6.54 Å². The molecule has 0 spiro atoms. The summed E-state index contributed by atoms with van der Waals surface area (Å²) >= 11 is 0. The Bertz CT molecular complexity index is 1120. The van der Waals surface area contributed by atoms with Gasteiger partial charge in [-0.1, -0.05) is 36.4 Å². The van der Waals surface area contributed by atoms with Crippen molar-refractivity contribution in [3.05, 3.63) is 65.2 Å². The highest BCUT2D eigenvalue weighted by Gasteiger charge is 2.73. The van der Waals surface area contributed by atoms with E-state index in [0.717, 1.165) is 6.07 Å². The number of halogens is 7. The molecule has 0 radical (unpaired) electrons. The van der Waals surface area contributed by atoms with Crippen molar-refractivity contribution in [2.45, 2.75) is 53.0 Å². The Hall–Kier alpha value is -2.14. The van der Waals surface area contributed by atoms with E-state index in [4.69, 9.17) is 0 Å². The van der Waals surface area contributed by atoms with E-state index in [1.54, 1.807) is 6.07 Å². The van der Waals surface area contributed by atoms with Gasteiger partial charge in [0.2, 0.25) is 0 Å². The summed E-state index contributed by atoms with van der Waals surface area (Å²) < 4.78 is 120. The predicted octanol–water partition coefficient (Wildman–Crippen LogP) is 4.95. The van der Waals surface area contributed by atoms with Crippen LogP contribution >= 0.6 is 0 Å². The summed E-state index contributed by atoms with van der Waals surface area (Å²) in [5.74, 6) is 0. The van der Waals surface area contributed by atoms with Crippen LogP contribution < -0.4 is 5.32 Å². The Kier molecular flexibility index (Phi) is 5.17. The summed E-state index contributed by atoms with van der Waals surface area (Å²) in [6, 6.07) is 8.72. The van der Waals surface area contributed by atoms with Crippen LogP contribution in [-0.2, 0) is 26.7 Å². The van der Waals surface area contributed by atoms with Gasteiger partial charge in [-0.15, -0.1) is 0 Å². The first-order valence-corrected chi connectivity index (χ1v) is 11.2. The van der Waals surface area contributed by atoms with Crippen molar-refractivity contribution < 1.29 is 39.2 Å². The molecule has 1 saturated heterocycles. The van der Waals surface area contributed by atoms with Crippen LogP contribution in [0, 0.1) is 0 Å². The summed E-state index contributed by atoms with van der Waals surface area (Å²) in [5.41, 5.74) is -7.09. The lowest BCUT2D eigenvalue weighted by molar-refractivity contribution is -0.348.